The minimum Gasteiger partial charge on any atom is -0.469 e. The summed E-state index contributed by atoms with van der Waals surface area (Å²) < 4.78 is 4.62. The van der Waals surface area contributed by atoms with Crippen LogP contribution in [0.25, 0.3) is 0 Å². The number of amides is 2. The zero-order valence-electron chi connectivity index (χ0n) is 20.9. The molecule has 34 heavy (non-hydrogen) atoms. The van der Waals surface area contributed by atoms with Gasteiger partial charge in [-0.15, -0.1) is 0 Å². The fraction of sp³-hybridized carbons (Fsp3) is 0.667. The van der Waals surface area contributed by atoms with Gasteiger partial charge < -0.3 is 20.5 Å². The monoisotopic (exact) mass is 474 g/mol. The average molecular weight is 475 g/mol. The Hall–Kier alpha value is -2.41. The Morgan fingerprint density at radius 1 is 1.00 bits per heavy atom. The summed E-state index contributed by atoms with van der Waals surface area (Å²) >= 11 is 0. The molecule has 3 atom stereocenters. The molecule has 190 valence electrons. The highest BCUT2D eigenvalue weighted by atomic mass is 16.5. The van der Waals surface area contributed by atoms with Crippen molar-refractivity contribution in [1.29, 1.82) is 0 Å². The molecule has 2 amide bonds. The third-order valence-electron chi connectivity index (χ3n) is 6.55. The molecule has 3 N–H and O–H groups in total. The van der Waals surface area contributed by atoms with Gasteiger partial charge in [0.1, 0.15) is 0 Å². The van der Waals surface area contributed by atoms with Crippen LogP contribution in [0.15, 0.2) is 30.3 Å². The summed E-state index contributed by atoms with van der Waals surface area (Å²) in [4.78, 5) is 36.6. The second kappa shape index (κ2) is 14.8. The first-order valence-electron chi connectivity index (χ1n) is 12.7. The number of benzene rings is 1. The van der Waals surface area contributed by atoms with Crippen molar-refractivity contribution in [1.82, 2.24) is 10.6 Å². The Balaban J connectivity index is 2.12. The summed E-state index contributed by atoms with van der Waals surface area (Å²) in [7, 11) is 1.29. The van der Waals surface area contributed by atoms with E-state index in [1.165, 1.54) is 13.5 Å². The van der Waals surface area contributed by atoms with Crippen LogP contribution in [0.2, 0.25) is 0 Å². The van der Waals surface area contributed by atoms with Crippen molar-refractivity contribution in [3.63, 3.8) is 0 Å². The third kappa shape index (κ3) is 10.2. The molecule has 1 aromatic carbocycles. The van der Waals surface area contributed by atoms with E-state index in [0.29, 0.717) is 25.2 Å². The lowest BCUT2D eigenvalue weighted by Crippen LogP contribution is -2.50. The van der Waals surface area contributed by atoms with E-state index >= 15 is 0 Å². The molecule has 0 saturated heterocycles. The van der Waals surface area contributed by atoms with Crippen molar-refractivity contribution in [2.45, 2.75) is 96.2 Å². The highest BCUT2D eigenvalue weighted by molar-refractivity contribution is 5.81. The summed E-state index contributed by atoms with van der Waals surface area (Å²) in [6.45, 7) is 4.04. The Morgan fingerprint density at radius 2 is 1.68 bits per heavy atom. The molecule has 0 heterocycles. The molecule has 2 rings (SSSR count). The first-order chi connectivity index (χ1) is 16.3. The predicted octanol–water partition coefficient (Wildman–Crippen LogP) is 3.53. The Labute approximate surface area is 204 Å². The van der Waals surface area contributed by atoms with Gasteiger partial charge in [-0.25, -0.2) is 0 Å². The van der Waals surface area contributed by atoms with Crippen molar-refractivity contribution < 1.29 is 24.2 Å². The van der Waals surface area contributed by atoms with E-state index in [2.05, 4.69) is 15.4 Å². The van der Waals surface area contributed by atoms with Gasteiger partial charge in [0.05, 0.1) is 25.7 Å². The van der Waals surface area contributed by atoms with Crippen LogP contribution in [0, 0.1) is 11.8 Å². The molecule has 0 aromatic heterocycles. The van der Waals surface area contributed by atoms with Crippen LogP contribution in [0.4, 0.5) is 0 Å². The average Bonchev–Trinajstić information content (AvgIpc) is 2.82. The smallest absolute Gasteiger partial charge is 0.306 e. The lowest BCUT2D eigenvalue weighted by Gasteiger charge is -2.34. The second-order valence-corrected chi connectivity index (χ2v) is 9.91. The standard InChI is InChI=1S/C27H42N2O5/c1-19(2)16-26(32)28-22(21-12-8-5-9-13-21)18-24(30)23(17-20-10-6-4-7-11-20)29-25(31)14-15-27(33)34-3/h4,6-7,10-11,19,21-24,30H,5,8-9,12-18H2,1-3H3,(H,28,32)(H,29,31)/t22?,23?,24-/m0/s1. The van der Waals surface area contributed by atoms with Gasteiger partial charge in [-0.05, 0) is 43.1 Å². The molecular formula is C27H42N2O5. The highest BCUT2D eigenvalue weighted by Crippen LogP contribution is 2.29. The number of aliphatic hydroxyl groups excluding tert-OH is 1. The van der Waals surface area contributed by atoms with Crippen LogP contribution < -0.4 is 10.6 Å². The van der Waals surface area contributed by atoms with Gasteiger partial charge in [-0.3, -0.25) is 14.4 Å². The minimum atomic E-state index is -0.839. The maximum absolute atomic E-state index is 12.6. The molecule has 0 spiro atoms. The predicted molar refractivity (Wildman–Crippen MR) is 132 cm³/mol. The van der Waals surface area contributed by atoms with Crippen molar-refractivity contribution in [2.75, 3.05) is 7.11 Å². The molecule has 0 radical (unpaired) electrons. The van der Waals surface area contributed by atoms with Crippen LogP contribution in [-0.2, 0) is 25.5 Å². The van der Waals surface area contributed by atoms with Gasteiger partial charge in [0.15, 0.2) is 0 Å². The number of hydrogen-bond acceptors (Lipinski definition) is 5. The van der Waals surface area contributed by atoms with Crippen molar-refractivity contribution >= 4 is 17.8 Å². The minimum absolute atomic E-state index is 0.00185. The summed E-state index contributed by atoms with van der Waals surface area (Å²) in [5, 5.41) is 17.4. The molecule has 7 nitrogen and oxygen atoms in total. The van der Waals surface area contributed by atoms with Crippen LogP contribution >= 0.6 is 0 Å². The number of hydrogen-bond donors (Lipinski definition) is 3. The number of carbonyl (C=O) groups is 3. The fourth-order valence-corrected chi connectivity index (χ4v) is 4.71. The first kappa shape index (κ1) is 27.8. The first-order valence-corrected chi connectivity index (χ1v) is 12.7. The molecule has 0 aliphatic heterocycles. The summed E-state index contributed by atoms with van der Waals surface area (Å²) in [5.41, 5.74) is 0.998. The van der Waals surface area contributed by atoms with Gasteiger partial charge in [0.25, 0.3) is 0 Å². The zero-order valence-corrected chi connectivity index (χ0v) is 20.9. The normalized spacial score (nSPS) is 17.0. The Morgan fingerprint density at radius 3 is 2.29 bits per heavy atom. The number of rotatable bonds is 13. The molecule has 1 aliphatic rings. The number of methoxy groups -OCH3 is 1. The second-order valence-electron chi connectivity index (χ2n) is 9.91. The van der Waals surface area contributed by atoms with Gasteiger partial charge >= 0.3 is 5.97 Å². The third-order valence-corrected chi connectivity index (χ3v) is 6.55. The Kier molecular flexibility index (Phi) is 12.1. The lowest BCUT2D eigenvalue weighted by molar-refractivity contribution is -0.142. The van der Waals surface area contributed by atoms with E-state index in [1.807, 2.05) is 44.2 Å². The van der Waals surface area contributed by atoms with Crippen LogP contribution in [0.5, 0.6) is 0 Å². The quantitative estimate of drug-likeness (QED) is 0.379. The van der Waals surface area contributed by atoms with E-state index in [9.17, 15) is 19.5 Å². The number of carbonyl (C=O) groups excluding carboxylic acids is 3. The Bertz CT molecular complexity index is 762. The van der Waals surface area contributed by atoms with Gasteiger partial charge in [0.2, 0.25) is 11.8 Å². The maximum atomic E-state index is 12.6. The molecule has 1 saturated carbocycles. The van der Waals surface area contributed by atoms with E-state index in [-0.39, 0.29) is 36.6 Å². The molecule has 0 bridgehead atoms. The summed E-state index contributed by atoms with van der Waals surface area (Å²) in [5.74, 6) is -0.146. The van der Waals surface area contributed by atoms with Gasteiger partial charge in [0, 0.05) is 18.9 Å². The molecule has 1 fully saturated rings. The zero-order chi connectivity index (χ0) is 24.9. The molecule has 1 aliphatic carbocycles. The van der Waals surface area contributed by atoms with E-state index in [1.54, 1.807) is 0 Å². The van der Waals surface area contributed by atoms with Crippen LogP contribution in [-0.4, -0.2) is 48.2 Å². The molecule has 7 heteroatoms. The number of nitrogens with one attached hydrogen (secondary N) is 2. The molecule has 2 unspecified atom stereocenters. The van der Waals surface area contributed by atoms with Gasteiger partial charge in [-0.2, -0.15) is 0 Å². The van der Waals surface area contributed by atoms with Crippen molar-refractivity contribution in [3.8, 4) is 0 Å². The van der Waals surface area contributed by atoms with E-state index < -0.39 is 18.1 Å². The van der Waals surface area contributed by atoms with Gasteiger partial charge in [-0.1, -0.05) is 63.4 Å². The maximum Gasteiger partial charge on any atom is 0.306 e. The molecule has 1 aromatic rings. The number of ether oxygens (including phenoxy) is 1. The van der Waals surface area contributed by atoms with Crippen molar-refractivity contribution in [3.05, 3.63) is 35.9 Å². The fourth-order valence-electron chi connectivity index (χ4n) is 4.71. The number of esters is 1. The lowest BCUT2D eigenvalue weighted by atomic mass is 9.80. The van der Waals surface area contributed by atoms with Crippen molar-refractivity contribution in [2.24, 2.45) is 11.8 Å². The van der Waals surface area contributed by atoms with E-state index in [4.69, 9.17) is 0 Å². The number of aliphatic hydroxyl groups is 1. The van der Waals surface area contributed by atoms with E-state index in [0.717, 1.165) is 31.2 Å². The SMILES string of the molecule is COC(=O)CCC(=O)NC(Cc1ccccc1)[C@@H](O)CC(NC(=O)CC(C)C)C1CCCCC1. The molecular weight excluding hydrogens is 432 g/mol. The summed E-state index contributed by atoms with van der Waals surface area (Å²) in [6.07, 6.45) is 6.00. The van der Waals surface area contributed by atoms with Crippen LogP contribution in [0.3, 0.4) is 0 Å². The largest absolute Gasteiger partial charge is 0.469 e. The summed E-state index contributed by atoms with van der Waals surface area (Å²) in [6, 6.07) is 9.04. The van der Waals surface area contributed by atoms with Crippen LogP contribution in [0.1, 0.15) is 77.2 Å². The topological polar surface area (TPSA) is 105 Å². The highest BCUT2D eigenvalue weighted by Gasteiger charge is 2.31.